The molecule has 0 bridgehead atoms. The molecule has 1 aromatic heterocycles. The van der Waals surface area contributed by atoms with Gasteiger partial charge in [-0.15, -0.1) is 0 Å². The van der Waals surface area contributed by atoms with E-state index in [0.29, 0.717) is 16.8 Å². The molecular formula is C15H16ClNO. The Morgan fingerprint density at radius 1 is 1.17 bits per heavy atom. The van der Waals surface area contributed by atoms with E-state index in [1.165, 1.54) is 5.56 Å². The predicted octanol–water partition coefficient (Wildman–Crippen LogP) is 4.96. The van der Waals surface area contributed by atoms with Gasteiger partial charge in [0.05, 0.1) is 0 Å². The first-order valence-electron chi connectivity index (χ1n) is 5.96. The van der Waals surface area contributed by atoms with E-state index in [1.54, 1.807) is 18.3 Å². The molecule has 2 rings (SSSR count). The summed E-state index contributed by atoms with van der Waals surface area (Å²) in [4.78, 5) is 3.94. The monoisotopic (exact) mass is 261 g/mol. The Bertz CT molecular complexity index is 552. The molecule has 0 saturated heterocycles. The summed E-state index contributed by atoms with van der Waals surface area (Å²) in [6.45, 7) is 6.36. The average Bonchev–Trinajstić information content (AvgIpc) is 2.31. The number of benzene rings is 1. The maximum atomic E-state index is 5.86. The fourth-order valence-corrected chi connectivity index (χ4v) is 1.82. The number of halogens is 1. The van der Waals surface area contributed by atoms with Gasteiger partial charge in [0, 0.05) is 12.3 Å². The number of hydrogen-bond donors (Lipinski definition) is 0. The highest BCUT2D eigenvalue weighted by Crippen LogP contribution is 2.29. The van der Waals surface area contributed by atoms with Gasteiger partial charge in [0.1, 0.15) is 16.7 Å². The molecule has 0 amide bonds. The number of ether oxygens (including phenoxy) is 1. The molecule has 94 valence electrons. The van der Waals surface area contributed by atoms with Crippen molar-refractivity contribution in [2.75, 3.05) is 0 Å². The van der Waals surface area contributed by atoms with Crippen LogP contribution in [0.3, 0.4) is 0 Å². The third-order valence-corrected chi connectivity index (χ3v) is 3.01. The first-order chi connectivity index (χ1) is 8.56. The zero-order chi connectivity index (χ0) is 13.1. The van der Waals surface area contributed by atoms with Crippen molar-refractivity contribution >= 4 is 11.6 Å². The summed E-state index contributed by atoms with van der Waals surface area (Å²) < 4.78 is 5.86. The van der Waals surface area contributed by atoms with Crippen LogP contribution >= 0.6 is 11.6 Å². The Morgan fingerprint density at radius 3 is 2.61 bits per heavy atom. The Kier molecular flexibility index (Phi) is 3.87. The summed E-state index contributed by atoms with van der Waals surface area (Å²) in [5, 5.41) is 0.435. The van der Waals surface area contributed by atoms with Crippen molar-refractivity contribution in [1.29, 1.82) is 0 Å². The lowest BCUT2D eigenvalue weighted by Crippen LogP contribution is -1.92. The molecule has 2 nitrogen and oxygen atoms in total. The first-order valence-corrected chi connectivity index (χ1v) is 6.34. The van der Waals surface area contributed by atoms with Crippen molar-refractivity contribution in [3.05, 3.63) is 52.8 Å². The molecule has 0 unspecified atom stereocenters. The lowest BCUT2D eigenvalue weighted by Gasteiger charge is -2.12. The van der Waals surface area contributed by atoms with E-state index in [1.807, 2.05) is 6.92 Å². The molecule has 0 fully saturated rings. The topological polar surface area (TPSA) is 22.1 Å². The van der Waals surface area contributed by atoms with Crippen molar-refractivity contribution in [2.24, 2.45) is 0 Å². The van der Waals surface area contributed by atoms with Crippen LogP contribution in [0.25, 0.3) is 0 Å². The van der Waals surface area contributed by atoms with Crippen LogP contribution in [0.5, 0.6) is 11.5 Å². The van der Waals surface area contributed by atoms with Gasteiger partial charge in [-0.3, -0.25) is 0 Å². The molecule has 0 aliphatic rings. The second kappa shape index (κ2) is 5.40. The predicted molar refractivity (Wildman–Crippen MR) is 74.6 cm³/mol. The highest BCUT2D eigenvalue weighted by molar-refractivity contribution is 6.29. The molecular weight excluding hydrogens is 246 g/mol. The van der Waals surface area contributed by atoms with E-state index in [-0.39, 0.29) is 0 Å². The normalized spacial score (nSPS) is 10.7. The van der Waals surface area contributed by atoms with Gasteiger partial charge >= 0.3 is 0 Å². The van der Waals surface area contributed by atoms with Crippen molar-refractivity contribution in [3.8, 4) is 11.5 Å². The first kappa shape index (κ1) is 12.9. The highest BCUT2D eigenvalue weighted by Gasteiger charge is 2.06. The van der Waals surface area contributed by atoms with E-state index < -0.39 is 0 Å². The van der Waals surface area contributed by atoms with Crippen molar-refractivity contribution in [3.63, 3.8) is 0 Å². The van der Waals surface area contributed by atoms with Crippen LogP contribution in [0.15, 0.2) is 36.5 Å². The lowest BCUT2D eigenvalue weighted by atomic mass is 10.0. The number of hydrogen-bond acceptors (Lipinski definition) is 2. The van der Waals surface area contributed by atoms with E-state index in [0.717, 1.165) is 11.3 Å². The fraction of sp³-hybridized carbons (Fsp3) is 0.267. The second-order valence-electron chi connectivity index (χ2n) is 4.60. The smallest absolute Gasteiger partial charge is 0.132 e. The summed E-state index contributed by atoms with van der Waals surface area (Å²) in [6.07, 6.45) is 1.64. The lowest BCUT2D eigenvalue weighted by molar-refractivity contribution is 0.477. The van der Waals surface area contributed by atoms with Gasteiger partial charge in [-0.05, 0) is 36.1 Å². The van der Waals surface area contributed by atoms with Gasteiger partial charge in [0.25, 0.3) is 0 Å². The third-order valence-electron chi connectivity index (χ3n) is 2.80. The number of aromatic nitrogens is 1. The van der Waals surface area contributed by atoms with Crippen LogP contribution in [0.1, 0.15) is 30.9 Å². The van der Waals surface area contributed by atoms with Crippen molar-refractivity contribution in [2.45, 2.75) is 26.7 Å². The van der Waals surface area contributed by atoms with E-state index in [2.05, 4.69) is 37.0 Å². The van der Waals surface area contributed by atoms with Crippen molar-refractivity contribution < 1.29 is 4.74 Å². The van der Waals surface area contributed by atoms with Gasteiger partial charge in [-0.25, -0.2) is 4.98 Å². The molecule has 18 heavy (non-hydrogen) atoms. The minimum Gasteiger partial charge on any atom is -0.457 e. The fourth-order valence-electron chi connectivity index (χ4n) is 1.66. The number of aryl methyl sites for hydroxylation is 1. The van der Waals surface area contributed by atoms with Gasteiger partial charge in [-0.1, -0.05) is 37.6 Å². The standard InChI is InChI=1S/C15H16ClNO/c1-10(2)12-5-4-11(3)14(8-12)18-13-6-7-17-15(16)9-13/h4-10H,1-3H3. The molecule has 0 N–H and O–H groups in total. The zero-order valence-corrected chi connectivity index (χ0v) is 11.5. The minimum absolute atomic E-state index is 0.435. The van der Waals surface area contributed by atoms with Gasteiger partial charge in [0.2, 0.25) is 0 Å². The molecule has 2 aromatic rings. The number of nitrogens with zero attached hydrogens (tertiary/aromatic N) is 1. The minimum atomic E-state index is 0.435. The Hall–Kier alpha value is -1.54. The van der Waals surface area contributed by atoms with Gasteiger partial charge in [0.15, 0.2) is 0 Å². The quantitative estimate of drug-likeness (QED) is 0.729. The summed E-state index contributed by atoms with van der Waals surface area (Å²) in [6, 6.07) is 9.80. The largest absolute Gasteiger partial charge is 0.457 e. The molecule has 0 radical (unpaired) electrons. The molecule has 0 spiro atoms. The van der Waals surface area contributed by atoms with Crippen LogP contribution in [0.2, 0.25) is 5.15 Å². The van der Waals surface area contributed by atoms with Crippen LogP contribution in [0, 0.1) is 6.92 Å². The molecule has 0 aliphatic heterocycles. The zero-order valence-electron chi connectivity index (χ0n) is 10.8. The van der Waals surface area contributed by atoms with Crippen LogP contribution in [-0.2, 0) is 0 Å². The Labute approximate surface area is 113 Å². The van der Waals surface area contributed by atoms with E-state index in [9.17, 15) is 0 Å². The SMILES string of the molecule is Cc1ccc(C(C)C)cc1Oc1ccnc(Cl)c1. The molecule has 3 heteroatoms. The molecule has 0 saturated carbocycles. The van der Waals surface area contributed by atoms with Gasteiger partial charge < -0.3 is 4.74 Å². The molecule has 0 aliphatic carbocycles. The molecule has 1 aromatic carbocycles. The molecule has 0 atom stereocenters. The highest BCUT2D eigenvalue weighted by atomic mass is 35.5. The summed E-state index contributed by atoms with van der Waals surface area (Å²) in [5.74, 6) is 2.05. The van der Waals surface area contributed by atoms with Crippen LogP contribution in [-0.4, -0.2) is 4.98 Å². The van der Waals surface area contributed by atoms with E-state index in [4.69, 9.17) is 16.3 Å². The van der Waals surface area contributed by atoms with Gasteiger partial charge in [-0.2, -0.15) is 0 Å². The summed E-state index contributed by atoms with van der Waals surface area (Å²) >= 11 is 5.84. The maximum absolute atomic E-state index is 5.86. The third kappa shape index (κ3) is 3.02. The summed E-state index contributed by atoms with van der Waals surface area (Å²) in [5.41, 5.74) is 2.36. The molecule has 1 heterocycles. The van der Waals surface area contributed by atoms with E-state index >= 15 is 0 Å². The Morgan fingerprint density at radius 2 is 1.94 bits per heavy atom. The van der Waals surface area contributed by atoms with Crippen LogP contribution < -0.4 is 4.74 Å². The van der Waals surface area contributed by atoms with Crippen LogP contribution in [0.4, 0.5) is 0 Å². The number of rotatable bonds is 3. The van der Waals surface area contributed by atoms with Crippen molar-refractivity contribution in [1.82, 2.24) is 4.98 Å². The Balaban J connectivity index is 2.30. The summed E-state index contributed by atoms with van der Waals surface area (Å²) in [7, 11) is 0. The second-order valence-corrected chi connectivity index (χ2v) is 4.98. The number of pyridine rings is 1. The average molecular weight is 262 g/mol. The maximum Gasteiger partial charge on any atom is 0.132 e.